The monoisotopic (exact) mass is 336 g/mol. The second-order valence-electron chi connectivity index (χ2n) is 6.24. The standard InChI is InChI=1S/C20H20N2O3/c1-13-9-10-14(12-21)11-16(13)17(18(23)20(2,3)25)19(24)22-15-7-5-4-6-8-15/h4-11,23,25H,1-3H3,(H,22,24)/b18-17-. The lowest BCUT2D eigenvalue weighted by Gasteiger charge is -2.21. The molecule has 0 fully saturated rings. The summed E-state index contributed by atoms with van der Waals surface area (Å²) in [6, 6.07) is 15.7. The Balaban J connectivity index is 2.60. The smallest absolute Gasteiger partial charge is 0.259 e. The molecule has 0 spiro atoms. The van der Waals surface area contributed by atoms with Gasteiger partial charge in [0.05, 0.1) is 17.2 Å². The largest absolute Gasteiger partial charge is 0.508 e. The molecule has 0 unspecified atom stereocenters. The van der Waals surface area contributed by atoms with Crippen molar-refractivity contribution in [1.82, 2.24) is 0 Å². The summed E-state index contributed by atoms with van der Waals surface area (Å²) in [6.45, 7) is 4.55. The summed E-state index contributed by atoms with van der Waals surface area (Å²) in [5, 5.41) is 32.6. The molecule has 5 nitrogen and oxygen atoms in total. The van der Waals surface area contributed by atoms with Crippen LogP contribution in [0.2, 0.25) is 0 Å². The van der Waals surface area contributed by atoms with Gasteiger partial charge in [-0.15, -0.1) is 0 Å². The molecule has 25 heavy (non-hydrogen) atoms. The Kier molecular flexibility index (Phi) is 5.26. The van der Waals surface area contributed by atoms with Gasteiger partial charge in [-0.05, 0) is 56.2 Å². The molecule has 3 N–H and O–H groups in total. The van der Waals surface area contributed by atoms with E-state index >= 15 is 0 Å². The predicted molar refractivity (Wildman–Crippen MR) is 96.8 cm³/mol. The summed E-state index contributed by atoms with van der Waals surface area (Å²) < 4.78 is 0. The number of aryl methyl sites for hydroxylation is 1. The highest BCUT2D eigenvalue weighted by molar-refractivity contribution is 6.26. The Morgan fingerprint density at radius 2 is 1.80 bits per heavy atom. The zero-order chi connectivity index (χ0) is 18.6. The number of aliphatic hydroxyl groups excluding tert-OH is 1. The Morgan fingerprint density at radius 1 is 1.16 bits per heavy atom. The highest BCUT2D eigenvalue weighted by atomic mass is 16.3. The van der Waals surface area contributed by atoms with Gasteiger partial charge in [0, 0.05) is 5.69 Å². The van der Waals surface area contributed by atoms with E-state index in [2.05, 4.69) is 5.32 Å². The molecule has 0 aromatic heterocycles. The maximum absolute atomic E-state index is 12.8. The number of rotatable bonds is 4. The minimum atomic E-state index is -1.61. The molecular weight excluding hydrogens is 316 g/mol. The average molecular weight is 336 g/mol. The van der Waals surface area contributed by atoms with Gasteiger partial charge in [-0.3, -0.25) is 4.79 Å². The number of nitrogens with one attached hydrogen (secondary N) is 1. The average Bonchev–Trinajstić information content (AvgIpc) is 2.56. The zero-order valence-electron chi connectivity index (χ0n) is 14.4. The van der Waals surface area contributed by atoms with Gasteiger partial charge in [-0.2, -0.15) is 5.26 Å². The summed E-state index contributed by atoms with van der Waals surface area (Å²) >= 11 is 0. The van der Waals surface area contributed by atoms with Crippen molar-refractivity contribution in [2.24, 2.45) is 0 Å². The van der Waals surface area contributed by atoms with Crippen molar-refractivity contribution in [1.29, 1.82) is 5.26 Å². The highest BCUT2D eigenvalue weighted by Crippen LogP contribution is 2.29. The fourth-order valence-corrected chi connectivity index (χ4v) is 2.34. The first kappa shape index (κ1) is 18.2. The van der Waals surface area contributed by atoms with Crippen LogP contribution in [0.5, 0.6) is 0 Å². The third-order valence-corrected chi connectivity index (χ3v) is 3.71. The number of carbonyl (C=O) groups excluding carboxylic acids is 1. The summed E-state index contributed by atoms with van der Waals surface area (Å²) in [7, 11) is 0. The fraction of sp³-hybridized carbons (Fsp3) is 0.200. The number of para-hydroxylation sites is 1. The van der Waals surface area contributed by atoms with Gasteiger partial charge in [-0.1, -0.05) is 24.3 Å². The van der Waals surface area contributed by atoms with Crippen molar-refractivity contribution in [3.8, 4) is 6.07 Å². The third-order valence-electron chi connectivity index (χ3n) is 3.71. The van der Waals surface area contributed by atoms with Crippen LogP contribution in [0.4, 0.5) is 5.69 Å². The first-order chi connectivity index (χ1) is 11.7. The Bertz CT molecular complexity index is 857. The van der Waals surface area contributed by atoms with Gasteiger partial charge in [0.2, 0.25) is 0 Å². The number of nitriles is 1. The topological polar surface area (TPSA) is 93.4 Å². The molecule has 0 aliphatic rings. The molecule has 0 aliphatic heterocycles. The first-order valence-corrected chi connectivity index (χ1v) is 7.77. The van der Waals surface area contributed by atoms with Crippen LogP contribution in [0.25, 0.3) is 5.57 Å². The Hall–Kier alpha value is -3.10. The number of aliphatic hydroxyl groups is 2. The molecule has 0 heterocycles. The molecule has 128 valence electrons. The minimum absolute atomic E-state index is 0.0639. The third kappa shape index (κ3) is 4.25. The summed E-state index contributed by atoms with van der Waals surface area (Å²) in [4.78, 5) is 12.8. The van der Waals surface area contributed by atoms with Crippen molar-refractivity contribution in [3.63, 3.8) is 0 Å². The van der Waals surface area contributed by atoms with Crippen LogP contribution in [0, 0.1) is 18.3 Å². The number of anilines is 1. The number of hydrogen-bond donors (Lipinski definition) is 3. The molecule has 2 rings (SSSR count). The van der Waals surface area contributed by atoms with Crippen molar-refractivity contribution in [2.75, 3.05) is 5.32 Å². The molecule has 5 heteroatoms. The van der Waals surface area contributed by atoms with E-state index in [1.54, 1.807) is 43.3 Å². The lowest BCUT2D eigenvalue weighted by atomic mass is 9.92. The second-order valence-corrected chi connectivity index (χ2v) is 6.24. The molecule has 0 saturated heterocycles. The molecule has 1 amide bonds. The molecule has 0 bridgehead atoms. The van der Waals surface area contributed by atoms with E-state index in [1.165, 1.54) is 19.9 Å². The Labute approximate surface area is 146 Å². The van der Waals surface area contributed by atoms with Crippen LogP contribution in [0.1, 0.15) is 30.5 Å². The normalized spacial score (nSPS) is 12.1. The van der Waals surface area contributed by atoms with Crippen molar-refractivity contribution >= 4 is 17.2 Å². The van der Waals surface area contributed by atoms with E-state index in [9.17, 15) is 15.0 Å². The molecule has 2 aromatic carbocycles. The maximum Gasteiger partial charge on any atom is 0.259 e. The second kappa shape index (κ2) is 7.20. The summed E-state index contributed by atoms with van der Waals surface area (Å²) in [5.74, 6) is -1.02. The number of carbonyl (C=O) groups is 1. The predicted octanol–water partition coefficient (Wildman–Crippen LogP) is 3.55. The van der Waals surface area contributed by atoms with E-state index in [1.807, 2.05) is 12.1 Å². The lowest BCUT2D eigenvalue weighted by molar-refractivity contribution is -0.111. The van der Waals surface area contributed by atoms with E-state index in [0.29, 0.717) is 22.4 Å². The van der Waals surface area contributed by atoms with E-state index in [0.717, 1.165) is 0 Å². The zero-order valence-corrected chi connectivity index (χ0v) is 14.4. The molecule has 0 aliphatic carbocycles. The van der Waals surface area contributed by atoms with Crippen molar-refractivity contribution in [2.45, 2.75) is 26.4 Å². The van der Waals surface area contributed by atoms with Gasteiger partial charge < -0.3 is 15.5 Å². The molecule has 0 radical (unpaired) electrons. The van der Waals surface area contributed by atoms with Crippen LogP contribution >= 0.6 is 0 Å². The van der Waals surface area contributed by atoms with Crippen LogP contribution in [-0.2, 0) is 4.79 Å². The number of benzene rings is 2. The van der Waals surface area contributed by atoms with E-state index < -0.39 is 17.3 Å². The quantitative estimate of drug-likeness (QED) is 0.588. The lowest BCUT2D eigenvalue weighted by Crippen LogP contribution is -2.27. The summed E-state index contributed by atoms with van der Waals surface area (Å²) in [5.41, 5.74) is 0.334. The highest BCUT2D eigenvalue weighted by Gasteiger charge is 2.29. The van der Waals surface area contributed by atoms with Gasteiger partial charge in [0.15, 0.2) is 0 Å². The van der Waals surface area contributed by atoms with E-state index in [-0.39, 0.29) is 5.57 Å². The Morgan fingerprint density at radius 3 is 2.36 bits per heavy atom. The van der Waals surface area contributed by atoms with Crippen molar-refractivity contribution < 1.29 is 15.0 Å². The molecular formula is C20H20N2O3. The maximum atomic E-state index is 12.8. The fourth-order valence-electron chi connectivity index (χ4n) is 2.34. The van der Waals surface area contributed by atoms with Gasteiger partial charge in [0.25, 0.3) is 5.91 Å². The number of nitrogens with zero attached hydrogens (tertiary/aromatic N) is 1. The van der Waals surface area contributed by atoms with Crippen LogP contribution in [-0.4, -0.2) is 21.7 Å². The van der Waals surface area contributed by atoms with Crippen LogP contribution in [0.15, 0.2) is 54.3 Å². The van der Waals surface area contributed by atoms with Crippen LogP contribution in [0.3, 0.4) is 0 Å². The van der Waals surface area contributed by atoms with Crippen LogP contribution < -0.4 is 5.32 Å². The minimum Gasteiger partial charge on any atom is -0.508 e. The van der Waals surface area contributed by atoms with Gasteiger partial charge in [-0.25, -0.2) is 0 Å². The number of amides is 1. The number of hydrogen-bond acceptors (Lipinski definition) is 4. The van der Waals surface area contributed by atoms with Gasteiger partial charge >= 0.3 is 0 Å². The molecule has 0 atom stereocenters. The first-order valence-electron chi connectivity index (χ1n) is 7.77. The molecule has 0 saturated carbocycles. The SMILES string of the molecule is Cc1ccc(C#N)cc1/C(C(=O)Nc1ccccc1)=C(/O)C(C)(C)O. The van der Waals surface area contributed by atoms with Crippen molar-refractivity contribution in [3.05, 3.63) is 71.0 Å². The molecule has 2 aromatic rings. The van der Waals surface area contributed by atoms with Gasteiger partial charge in [0.1, 0.15) is 11.4 Å². The summed E-state index contributed by atoms with van der Waals surface area (Å²) in [6.07, 6.45) is 0. The van der Waals surface area contributed by atoms with E-state index in [4.69, 9.17) is 5.26 Å².